The molecular formula is C17H24N2S. The predicted octanol–water partition coefficient (Wildman–Crippen LogP) is 3.98. The van der Waals surface area contributed by atoms with Crippen molar-refractivity contribution in [2.45, 2.75) is 45.8 Å². The standard InChI is InChI=1S/C17H24N2S/c1-12(2)10-19(13-7-8-13)11-15-14-5-3-4-6-16(14)20-17(15)9-18/h3-6,12-13H,7-11,18H2,1-2H3. The molecule has 0 unspecified atom stereocenters. The molecule has 2 N–H and O–H groups in total. The fourth-order valence-corrected chi connectivity index (χ4v) is 4.04. The Balaban J connectivity index is 1.91. The van der Waals surface area contributed by atoms with Crippen molar-refractivity contribution in [3.63, 3.8) is 0 Å². The van der Waals surface area contributed by atoms with Gasteiger partial charge in [-0.15, -0.1) is 11.3 Å². The molecule has 1 aromatic carbocycles. The molecule has 0 bridgehead atoms. The van der Waals surface area contributed by atoms with Crippen LogP contribution in [-0.4, -0.2) is 17.5 Å². The summed E-state index contributed by atoms with van der Waals surface area (Å²) in [5.74, 6) is 0.724. The first-order valence-corrected chi connectivity index (χ1v) is 8.44. The summed E-state index contributed by atoms with van der Waals surface area (Å²) in [7, 11) is 0. The molecule has 0 atom stereocenters. The van der Waals surface area contributed by atoms with Gasteiger partial charge < -0.3 is 5.73 Å². The number of benzene rings is 1. The van der Waals surface area contributed by atoms with E-state index >= 15 is 0 Å². The van der Waals surface area contributed by atoms with E-state index in [1.165, 1.54) is 39.9 Å². The molecule has 3 rings (SSSR count). The number of rotatable bonds is 6. The predicted molar refractivity (Wildman–Crippen MR) is 88.0 cm³/mol. The zero-order valence-electron chi connectivity index (χ0n) is 12.4. The fourth-order valence-electron chi connectivity index (χ4n) is 2.94. The molecule has 1 saturated carbocycles. The van der Waals surface area contributed by atoms with Crippen LogP contribution in [0.1, 0.15) is 37.1 Å². The summed E-state index contributed by atoms with van der Waals surface area (Å²) >= 11 is 1.87. The van der Waals surface area contributed by atoms with Crippen molar-refractivity contribution in [1.29, 1.82) is 0 Å². The third kappa shape index (κ3) is 2.90. The second-order valence-corrected chi connectivity index (χ2v) is 7.40. The maximum atomic E-state index is 5.98. The van der Waals surface area contributed by atoms with Crippen molar-refractivity contribution < 1.29 is 0 Å². The molecule has 1 fully saturated rings. The van der Waals surface area contributed by atoms with Gasteiger partial charge in [-0.25, -0.2) is 0 Å². The van der Waals surface area contributed by atoms with Crippen LogP contribution in [0.4, 0.5) is 0 Å². The molecule has 0 radical (unpaired) electrons. The van der Waals surface area contributed by atoms with Crippen LogP contribution in [0, 0.1) is 5.92 Å². The van der Waals surface area contributed by atoms with Crippen LogP contribution in [0.25, 0.3) is 10.1 Å². The van der Waals surface area contributed by atoms with Gasteiger partial charge in [0.1, 0.15) is 0 Å². The molecular weight excluding hydrogens is 264 g/mol. The molecule has 0 saturated heterocycles. The van der Waals surface area contributed by atoms with E-state index in [0.29, 0.717) is 6.54 Å². The lowest BCUT2D eigenvalue weighted by Gasteiger charge is -2.24. The van der Waals surface area contributed by atoms with E-state index < -0.39 is 0 Å². The summed E-state index contributed by atoms with van der Waals surface area (Å²) < 4.78 is 1.38. The average Bonchev–Trinajstić information content (AvgIpc) is 3.21. The van der Waals surface area contributed by atoms with Gasteiger partial charge in [0.25, 0.3) is 0 Å². The zero-order chi connectivity index (χ0) is 14.1. The lowest BCUT2D eigenvalue weighted by Crippen LogP contribution is -2.29. The molecule has 0 aliphatic heterocycles. The number of hydrogen-bond donors (Lipinski definition) is 1. The zero-order valence-corrected chi connectivity index (χ0v) is 13.2. The van der Waals surface area contributed by atoms with Crippen LogP contribution in [0.15, 0.2) is 24.3 Å². The monoisotopic (exact) mass is 288 g/mol. The van der Waals surface area contributed by atoms with Crippen molar-refractivity contribution >= 4 is 21.4 Å². The second kappa shape index (κ2) is 5.84. The highest BCUT2D eigenvalue weighted by atomic mass is 32.1. The van der Waals surface area contributed by atoms with E-state index in [-0.39, 0.29) is 0 Å². The molecule has 0 amide bonds. The maximum absolute atomic E-state index is 5.98. The van der Waals surface area contributed by atoms with Crippen molar-refractivity contribution in [2.75, 3.05) is 6.54 Å². The molecule has 1 aromatic heterocycles. The fraction of sp³-hybridized carbons (Fsp3) is 0.529. The smallest absolute Gasteiger partial charge is 0.0349 e. The Labute approximate surface area is 125 Å². The van der Waals surface area contributed by atoms with Crippen LogP contribution in [0.2, 0.25) is 0 Å². The highest BCUT2D eigenvalue weighted by Gasteiger charge is 2.30. The highest BCUT2D eigenvalue weighted by Crippen LogP contribution is 2.35. The Morgan fingerprint density at radius 3 is 2.70 bits per heavy atom. The maximum Gasteiger partial charge on any atom is 0.0349 e. The van der Waals surface area contributed by atoms with Gasteiger partial charge in [-0.3, -0.25) is 4.90 Å². The van der Waals surface area contributed by atoms with Crippen LogP contribution >= 0.6 is 11.3 Å². The molecule has 0 spiro atoms. The molecule has 20 heavy (non-hydrogen) atoms. The first-order chi connectivity index (χ1) is 9.69. The molecule has 3 heteroatoms. The summed E-state index contributed by atoms with van der Waals surface area (Å²) in [5, 5.41) is 1.41. The number of nitrogens with zero attached hydrogens (tertiary/aromatic N) is 1. The number of thiophene rings is 1. The summed E-state index contributed by atoms with van der Waals surface area (Å²) in [6.07, 6.45) is 2.74. The first-order valence-electron chi connectivity index (χ1n) is 7.62. The van der Waals surface area contributed by atoms with E-state index in [9.17, 15) is 0 Å². The number of fused-ring (bicyclic) bond motifs is 1. The minimum Gasteiger partial charge on any atom is -0.326 e. The largest absolute Gasteiger partial charge is 0.326 e. The molecule has 2 nitrogen and oxygen atoms in total. The summed E-state index contributed by atoms with van der Waals surface area (Å²) in [4.78, 5) is 4.03. The van der Waals surface area contributed by atoms with Crippen molar-refractivity contribution in [3.05, 3.63) is 34.7 Å². The van der Waals surface area contributed by atoms with Crippen molar-refractivity contribution in [1.82, 2.24) is 4.90 Å². The lowest BCUT2D eigenvalue weighted by atomic mass is 10.1. The van der Waals surface area contributed by atoms with Gasteiger partial charge in [0.15, 0.2) is 0 Å². The van der Waals surface area contributed by atoms with Gasteiger partial charge in [-0.1, -0.05) is 32.0 Å². The van der Waals surface area contributed by atoms with Gasteiger partial charge in [0, 0.05) is 35.3 Å². The molecule has 1 heterocycles. The van der Waals surface area contributed by atoms with Crippen molar-refractivity contribution in [3.8, 4) is 0 Å². The minimum atomic E-state index is 0.662. The Hall–Kier alpha value is -0.900. The van der Waals surface area contributed by atoms with E-state index in [2.05, 4.69) is 43.0 Å². The first kappa shape index (κ1) is 14.1. The minimum absolute atomic E-state index is 0.662. The summed E-state index contributed by atoms with van der Waals surface area (Å²) in [5.41, 5.74) is 7.45. The average molecular weight is 288 g/mol. The van der Waals surface area contributed by atoms with E-state index in [0.717, 1.165) is 18.5 Å². The van der Waals surface area contributed by atoms with E-state index in [1.807, 2.05) is 11.3 Å². The van der Waals surface area contributed by atoms with Gasteiger partial charge >= 0.3 is 0 Å². The summed E-state index contributed by atoms with van der Waals surface area (Å²) in [6, 6.07) is 9.54. The second-order valence-electron chi connectivity index (χ2n) is 6.26. The van der Waals surface area contributed by atoms with Crippen molar-refractivity contribution in [2.24, 2.45) is 11.7 Å². The molecule has 2 aromatic rings. The number of hydrogen-bond acceptors (Lipinski definition) is 3. The normalized spacial score (nSPS) is 15.7. The Morgan fingerprint density at radius 1 is 1.30 bits per heavy atom. The summed E-state index contributed by atoms with van der Waals surface area (Å²) in [6.45, 7) is 7.54. The van der Waals surface area contributed by atoms with Gasteiger partial charge in [-0.05, 0) is 35.8 Å². The van der Waals surface area contributed by atoms with Gasteiger partial charge in [-0.2, -0.15) is 0 Å². The Morgan fingerprint density at radius 2 is 2.05 bits per heavy atom. The molecule has 108 valence electrons. The van der Waals surface area contributed by atoms with Gasteiger partial charge in [0.05, 0.1) is 0 Å². The third-order valence-electron chi connectivity index (χ3n) is 3.99. The Bertz CT molecular complexity index is 584. The van der Waals surface area contributed by atoms with Crippen LogP contribution in [-0.2, 0) is 13.1 Å². The topological polar surface area (TPSA) is 29.3 Å². The third-order valence-corrected chi connectivity index (χ3v) is 5.23. The van der Waals surface area contributed by atoms with E-state index in [4.69, 9.17) is 5.73 Å². The van der Waals surface area contributed by atoms with Crippen LogP contribution < -0.4 is 5.73 Å². The molecule has 1 aliphatic rings. The lowest BCUT2D eigenvalue weighted by molar-refractivity contribution is 0.226. The molecule has 1 aliphatic carbocycles. The van der Waals surface area contributed by atoms with Gasteiger partial charge in [0.2, 0.25) is 0 Å². The number of nitrogens with two attached hydrogens (primary N) is 1. The quantitative estimate of drug-likeness (QED) is 0.871. The van der Waals surface area contributed by atoms with E-state index in [1.54, 1.807) is 0 Å². The highest BCUT2D eigenvalue weighted by molar-refractivity contribution is 7.19. The van der Waals surface area contributed by atoms with Crippen LogP contribution in [0.5, 0.6) is 0 Å². The van der Waals surface area contributed by atoms with Crippen LogP contribution in [0.3, 0.4) is 0 Å². The SMILES string of the molecule is CC(C)CN(Cc1c(CN)sc2ccccc12)C1CC1. The Kier molecular flexibility index (Phi) is 4.11.